The SMILES string of the molecule is Cc1noc(C2CCCN(C(=O)NC(c3nccs3)C3CC3)C2)n1. The summed E-state index contributed by atoms with van der Waals surface area (Å²) in [7, 11) is 0. The van der Waals surface area contributed by atoms with E-state index < -0.39 is 0 Å². The summed E-state index contributed by atoms with van der Waals surface area (Å²) in [5.74, 6) is 1.94. The minimum atomic E-state index is -0.0111. The van der Waals surface area contributed by atoms with Gasteiger partial charge in [-0.2, -0.15) is 4.98 Å². The number of carbonyl (C=O) groups is 1. The van der Waals surface area contributed by atoms with Crippen molar-refractivity contribution in [3.63, 3.8) is 0 Å². The van der Waals surface area contributed by atoms with Gasteiger partial charge in [-0.1, -0.05) is 5.16 Å². The van der Waals surface area contributed by atoms with Crippen LogP contribution in [0.1, 0.15) is 54.4 Å². The fourth-order valence-corrected chi connectivity index (χ4v) is 4.05. The molecule has 2 unspecified atom stereocenters. The summed E-state index contributed by atoms with van der Waals surface area (Å²) >= 11 is 1.61. The number of carbonyl (C=O) groups excluding carboxylic acids is 1. The van der Waals surface area contributed by atoms with Crippen molar-refractivity contribution in [3.05, 3.63) is 28.3 Å². The third-order valence-corrected chi connectivity index (χ3v) is 5.55. The first-order valence-electron chi connectivity index (χ1n) is 8.46. The van der Waals surface area contributed by atoms with Gasteiger partial charge < -0.3 is 14.7 Å². The number of nitrogens with one attached hydrogen (secondary N) is 1. The molecular weight excluding hydrogens is 326 g/mol. The molecule has 128 valence electrons. The minimum Gasteiger partial charge on any atom is -0.339 e. The van der Waals surface area contributed by atoms with Crippen LogP contribution in [0.5, 0.6) is 0 Å². The zero-order valence-corrected chi connectivity index (χ0v) is 14.5. The molecule has 3 heterocycles. The highest BCUT2D eigenvalue weighted by Crippen LogP contribution is 2.41. The Balaban J connectivity index is 1.42. The summed E-state index contributed by atoms with van der Waals surface area (Å²) in [5, 5.41) is 10.0. The Morgan fingerprint density at radius 2 is 2.33 bits per heavy atom. The maximum atomic E-state index is 12.7. The molecule has 1 aliphatic heterocycles. The molecule has 2 aromatic heterocycles. The van der Waals surface area contributed by atoms with Crippen molar-refractivity contribution in [2.45, 2.75) is 44.6 Å². The van der Waals surface area contributed by atoms with Crippen LogP contribution in [0.4, 0.5) is 4.79 Å². The van der Waals surface area contributed by atoms with E-state index in [0.717, 1.165) is 37.2 Å². The molecule has 7 nitrogen and oxygen atoms in total. The van der Waals surface area contributed by atoms with Crippen LogP contribution in [0.2, 0.25) is 0 Å². The fraction of sp³-hybridized carbons (Fsp3) is 0.625. The molecule has 1 saturated heterocycles. The van der Waals surface area contributed by atoms with E-state index in [4.69, 9.17) is 4.52 Å². The van der Waals surface area contributed by atoms with Gasteiger partial charge in [-0.15, -0.1) is 11.3 Å². The van der Waals surface area contributed by atoms with Crippen LogP contribution >= 0.6 is 11.3 Å². The Bertz CT molecular complexity index is 697. The second-order valence-electron chi connectivity index (χ2n) is 6.60. The average Bonchev–Trinajstić information content (AvgIpc) is 3.10. The minimum absolute atomic E-state index is 0.0111. The van der Waals surface area contributed by atoms with E-state index >= 15 is 0 Å². The average molecular weight is 347 g/mol. The third kappa shape index (κ3) is 3.28. The lowest BCUT2D eigenvalue weighted by Crippen LogP contribution is -2.46. The Morgan fingerprint density at radius 1 is 1.46 bits per heavy atom. The molecule has 2 atom stereocenters. The van der Waals surface area contributed by atoms with E-state index in [0.29, 0.717) is 24.2 Å². The molecule has 0 bridgehead atoms. The van der Waals surface area contributed by atoms with Crippen molar-refractivity contribution >= 4 is 17.4 Å². The largest absolute Gasteiger partial charge is 0.339 e. The van der Waals surface area contributed by atoms with Crippen molar-refractivity contribution in [2.24, 2.45) is 5.92 Å². The lowest BCUT2D eigenvalue weighted by Gasteiger charge is -2.32. The van der Waals surface area contributed by atoms with Crippen LogP contribution in [0.25, 0.3) is 0 Å². The summed E-state index contributed by atoms with van der Waals surface area (Å²) in [6.45, 7) is 3.21. The zero-order valence-electron chi connectivity index (χ0n) is 13.6. The number of amides is 2. The van der Waals surface area contributed by atoms with Crippen LogP contribution < -0.4 is 5.32 Å². The van der Waals surface area contributed by atoms with E-state index in [1.54, 1.807) is 17.5 Å². The van der Waals surface area contributed by atoms with Crippen molar-refractivity contribution in [2.75, 3.05) is 13.1 Å². The van der Waals surface area contributed by atoms with Crippen LogP contribution in [0, 0.1) is 12.8 Å². The van der Waals surface area contributed by atoms with E-state index in [9.17, 15) is 4.79 Å². The number of thiazole rings is 1. The van der Waals surface area contributed by atoms with Gasteiger partial charge in [0, 0.05) is 24.7 Å². The fourth-order valence-electron chi connectivity index (χ4n) is 3.27. The number of piperidine rings is 1. The highest BCUT2D eigenvalue weighted by atomic mass is 32.1. The smallest absolute Gasteiger partial charge is 0.317 e. The first-order chi connectivity index (χ1) is 11.7. The summed E-state index contributed by atoms with van der Waals surface area (Å²) in [5.41, 5.74) is 0. The highest BCUT2D eigenvalue weighted by Gasteiger charge is 2.37. The summed E-state index contributed by atoms with van der Waals surface area (Å²) < 4.78 is 5.29. The number of aromatic nitrogens is 3. The molecule has 4 rings (SSSR count). The van der Waals surface area contributed by atoms with Gasteiger partial charge >= 0.3 is 6.03 Å². The van der Waals surface area contributed by atoms with Gasteiger partial charge in [0.15, 0.2) is 5.82 Å². The summed E-state index contributed by atoms with van der Waals surface area (Å²) in [4.78, 5) is 23.3. The van der Waals surface area contributed by atoms with Gasteiger partial charge in [0.05, 0.1) is 12.0 Å². The van der Waals surface area contributed by atoms with Gasteiger partial charge in [0.25, 0.3) is 0 Å². The van der Waals surface area contributed by atoms with Crippen molar-refractivity contribution < 1.29 is 9.32 Å². The molecule has 0 aromatic carbocycles. The predicted molar refractivity (Wildman–Crippen MR) is 88.7 cm³/mol. The second kappa shape index (κ2) is 6.51. The van der Waals surface area contributed by atoms with Gasteiger partial charge in [-0.3, -0.25) is 0 Å². The number of hydrogen-bond donors (Lipinski definition) is 1. The van der Waals surface area contributed by atoms with Crippen molar-refractivity contribution in [3.8, 4) is 0 Å². The summed E-state index contributed by atoms with van der Waals surface area (Å²) in [6, 6.07) is 0.0339. The topological polar surface area (TPSA) is 84.2 Å². The van der Waals surface area contributed by atoms with Crippen molar-refractivity contribution in [1.29, 1.82) is 0 Å². The third-order valence-electron chi connectivity index (χ3n) is 4.69. The van der Waals surface area contributed by atoms with Crippen LogP contribution in [-0.4, -0.2) is 39.1 Å². The van der Waals surface area contributed by atoms with E-state index in [1.807, 2.05) is 17.2 Å². The molecular formula is C16H21N5O2S. The lowest BCUT2D eigenvalue weighted by molar-refractivity contribution is 0.167. The number of urea groups is 1. The molecule has 1 saturated carbocycles. The molecule has 24 heavy (non-hydrogen) atoms. The standard InChI is InChI=1S/C16H21N5O2S/c1-10-18-14(23-20-10)12-3-2-7-21(9-12)16(22)19-13(11-4-5-11)15-17-6-8-24-15/h6,8,11-13H,2-5,7,9H2,1H3,(H,19,22). The molecule has 0 radical (unpaired) electrons. The zero-order chi connectivity index (χ0) is 16.5. The number of likely N-dealkylation sites (tertiary alicyclic amines) is 1. The van der Waals surface area contributed by atoms with Crippen molar-refractivity contribution in [1.82, 2.24) is 25.3 Å². The molecule has 2 amide bonds. The summed E-state index contributed by atoms with van der Waals surface area (Å²) in [6.07, 6.45) is 6.05. The second-order valence-corrected chi connectivity index (χ2v) is 7.53. The number of nitrogens with zero attached hydrogens (tertiary/aromatic N) is 4. The number of aryl methyl sites for hydroxylation is 1. The van der Waals surface area contributed by atoms with Crippen LogP contribution in [0.15, 0.2) is 16.1 Å². The van der Waals surface area contributed by atoms with Gasteiger partial charge in [0.1, 0.15) is 5.01 Å². The van der Waals surface area contributed by atoms with Crippen LogP contribution in [-0.2, 0) is 0 Å². The lowest BCUT2D eigenvalue weighted by atomic mass is 9.98. The Kier molecular flexibility index (Phi) is 4.22. The van der Waals surface area contributed by atoms with Gasteiger partial charge in [0.2, 0.25) is 5.89 Å². The van der Waals surface area contributed by atoms with Crippen LogP contribution in [0.3, 0.4) is 0 Å². The normalized spacial score (nSPS) is 22.4. The Hall–Kier alpha value is -1.96. The van der Waals surface area contributed by atoms with E-state index in [2.05, 4.69) is 20.4 Å². The maximum absolute atomic E-state index is 12.7. The highest BCUT2D eigenvalue weighted by molar-refractivity contribution is 7.09. The Labute approximate surface area is 144 Å². The molecule has 0 spiro atoms. The Morgan fingerprint density at radius 3 is 3.00 bits per heavy atom. The maximum Gasteiger partial charge on any atom is 0.317 e. The molecule has 1 aliphatic carbocycles. The first-order valence-corrected chi connectivity index (χ1v) is 9.33. The molecule has 2 aromatic rings. The van der Waals surface area contributed by atoms with Gasteiger partial charge in [-0.25, -0.2) is 9.78 Å². The predicted octanol–water partition coefficient (Wildman–Crippen LogP) is 2.87. The molecule has 8 heteroatoms. The number of rotatable bonds is 4. The first kappa shape index (κ1) is 15.6. The molecule has 2 aliphatic rings. The quantitative estimate of drug-likeness (QED) is 0.919. The van der Waals surface area contributed by atoms with E-state index in [1.165, 1.54) is 0 Å². The monoisotopic (exact) mass is 347 g/mol. The van der Waals surface area contributed by atoms with Gasteiger partial charge in [-0.05, 0) is 38.5 Å². The van der Waals surface area contributed by atoms with E-state index in [-0.39, 0.29) is 18.0 Å². The molecule has 2 fully saturated rings. The number of hydrogen-bond acceptors (Lipinski definition) is 6. The molecule has 1 N–H and O–H groups in total.